The van der Waals surface area contributed by atoms with Crippen molar-refractivity contribution in [2.24, 2.45) is 5.92 Å². The molecule has 2 saturated heterocycles. The quantitative estimate of drug-likeness (QED) is 0.846. The zero-order valence-electron chi connectivity index (χ0n) is 11.3. The maximum Gasteiger partial charge on any atom is 0.166 e. The lowest BCUT2D eigenvalue weighted by Crippen LogP contribution is -2.38. The Balaban J connectivity index is 1.69. The van der Waals surface area contributed by atoms with E-state index in [0.29, 0.717) is 24.4 Å². The molecule has 2 unspecified atom stereocenters. The van der Waals surface area contributed by atoms with E-state index < -0.39 is 0 Å². The predicted molar refractivity (Wildman–Crippen MR) is 72.8 cm³/mol. The van der Waals surface area contributed by atoms with Gasteiger partial charge in [0.15, 0.2) is 5.78 Å². The number of nitrogens with one attached hydrogen (secondary N) is 1. The first-order chi connectivity index (χ1) is 9.11. The van der Waals surface area contributed by atoms with Gasteiger partial charge in [-0.3, -0.25) is 4.79 Å². The van der Waals surface area contributed by atoms with Crippen molar-refractivity contribution in [3.05, 3.63) is 35.1 Å². The fourth-order valence-electron chi connectivity index (χ4n) is 3.57. The van der Waals surface area contributed by atoms with Gasteiger partial charge in [0, 0.05) is 18.5 Å². The summed E-state index contributed by atoms with van der Waals surface area (Å²) in [5.41, 5.74) is 1.21. The molecule has 2 atom stereocenters. The Bertz CT molecular complexity index is 488. The number of carbonyl (C=O) groups is 1. The van der Waals surface area contributed by atoms with Crippen molar-refractivity contribution in [1.29, 1.82) is 0 Å². The van der Waals surface area contributed by atoms with E-state index in [2.05, 4.69) is 5.32 Å². The van der Waals surface area contributed by atoms with Gasteiger partial charge in [-0.05, 0) is 50.7 Å². The van der Waals surface area contributed by atoms with E-state index in [1.807, 2.05) is 6.92 Å². The van der Waals surface area contributed by atoms with Crippen LogP contribution in [-0.2, 0) is 0 Å². The van der Waals surface area contributed by atoms with Crippen molar-refractivity contribution in [3.8, 4) is 0 Å². The highest BCUT2D eigenvalue weighted by atomic mass is 19.1. The van der Waals surface area contributed by atoms with Gasteiger partial charge < -0.3 is 5.32 Å². The molecule has 1 aromatic carbocycles. The molecule has 2 bridgehead atoms. The van der Waals surface area contributed by atoms with E-state index in [-0.39, 0.29) is 17.2 Å². The van der Waals surface area contributed by atoms with Crippen LogP contribution in [0.15, 0.2) is 18.2 Å². The van der Waals surface area contributed by atoms with Crippen molar-refractivity contribution in [2.75, 3.05) is 0 Å². The lowest BCUT2D eigenvalue weighted by atomic mass is 9.86. The second-order valence-corrected chi connectivity index (χ2v) is 6.09. The van der Waals surface area contributed by atoms with Gasteiger partial charge in [0.1, 0.15) is 5.82 Å². The number of rotatable bonds is 3. The second kappa shape index (κ2) is 5.04. The van der Waals surface area contributed by atoms with E-state index in [9.17, 15) is 9.18 Å². The Morgan fingerprint density at radius 1 is 1.32 bits per heavy atom. The summed E-state index contributed by atoms with van der Waals surface area (Å²) in [6, 6.07) is 5.94. The molecule has 0 spiro atoms. The van der Waals surface area contributed by atoms with Crippen LogP contribution in [0.4, 0.5) is 4.39 Å². The van der Waals surface area contributed by atoms with Gasteiger partial charge >= 0.3 is 0 Å². The minimum absolute atomic E-state index is 0.0347. The van der Waals surface area contributed by atoms with Crippen molar-refractivity contribution in [1.82, 2.24) is 5.32 Å². The largest absolute Gasteiger partial charge is 0.311 e. The van der Waals surface area contributed by atoms with Crippen LogP contribution in [0.2, 0.25) is 0 Å². The Kier molecular flexibility index (Phi) is 3.40. The predicted octanol–water partition coefficient (Wildman–Crippen LogP) is 3.24. The number of Topliss-reactive ketones (excluding diaryl/α,β-unsaturated/α-hetero) is 1. The van der Waals surface area contributed by atoms with Crippen LogP contribution in [0.1, 0.15) is 48.0 Å². The molecule has 2 nitrogen and oxygen atoms in total. The van der Waals surface area contributed by atoms with Crippen molar-refractivity contribution < 1.29 is 9.18 Å². The molecule has 19 heavy (non-hydrogen) atoms. The molecule has 2 heterocycles. The first-order valence-corrected chi connectivity index (χ1v) is 7.17. The Morgan fingerprint density at radius 3 is 2.68 bits per heavy atom. The fourth-order valence-corrected chi connectivity index (χ4v) is 3.57. The molecular weight excluding hydrogens is 241 g/mol. The molecule has 1 aromatic rings. The van der Waals surface area contributed by atoms with Crippen LogP contribution >= 0.6 is 0 Å². The van der Waals surface area contributed by atoms with Gasteiger partial charge in [-0.1, -0.05) is 11.6 Å². The number of halogens is 1. The highest BCUT2D eigenvalue weighted by Gasteiger charge is 2.34. The van der Waals surface area contributed by atoms with E-state index in [1.165, 1.54) is 18.9 Å². The van der Waals surface area contributed by atoms with Crippen LogP contribution in [0.25, 0.3) is 0 Å². The Hall–Kier alpha value is -1.22. The molecule has 2 fully saturated rings. The second-order valence-electron chi connectivity index (χ2n) is 6.09. The minimum Gasteiger partial charge on any atom is -0.311 e. The third-order valence-electron chi connectivity index (χ3n) is 4.47. The molecule has 0 saturated carbocycles. The van der Waals surface area contributed by atoms with E-state index >= 15 is 0 Å². The number of benzene rings is 1. The van der Waals surface area contributed by atoms with Crippen molar-refractivity contribution in [2.45, 2.75) is 51.1 Å². The van der Waals surface area contributed by atoms with Crippen LogP contribution in [0, 0.1) is 18.7 Å². The summed E-state index contributed by atoms with van der Waals surface area (Å²) >= 11 is 0. The Labute approximate surface area is 113 Å². The average molecular weight is 261 g/mol. The molecule has 0 aromatic heterocycles. The monoisotopic (exact) mass is 261 g/mol. The van der Waals surface area contributed by atoms with Crippen LogP contribution in [0.3, 0.4) is 0 Å². The molecule has 0 amide bonds. The van der Waals surface area contributed by atoms with Gasteiger partial charge in [-0.15, -0.1) is 0 Å². The highest BCUT2D eigenvalue weighted by Crippen LogP contribution is 2.33. The number of ketones is 1. The third kappa shape index (κ3) is 2.71. The fraction of sp³-hybridized carbons (Fsp3) is 0.562. The van der Waals surface area contributed by atoms with Crippen molar-refractivity contribution >= 4 is 5.78 Å². The molecule has 0 radical (unpaired) electrons. The van der Waals surface area contributed by atoms with Crippen LogP contribution < -0.4 is 5.32 Å². The summed E-state index contributed by atoms with van der Waals surface area (Å²) in [5.74, 6) is 0.00571. The van der Waals surface area contributed by atoms with E-state index in [4.69, 9.17) is 0 Å². The molecule has 3 rings (SSSR count). The number of carbonyl (C=O) groups excluding carboxylic acids is 1. The number of hydrogen-bond acceptors (Lipinski definition) is 2. The zero-order valence-corrected chi connectivity index (χ0v) is 11.3. The third-order valence-corrected chi connectivity index (χ3v) is 4.47. The van der Waals surface area contributed by atoms with Crippen molar-refractivity contribution in [3.63, 3.8) is 0 Å². The first-order valence-electron chi connectivity index (χ1n) is 7.17. The highest BCUT2D eigenvalue weighted by molar-refractivity contribution is 5.96. The molecule has 2 aliphatic heterocycles. The summed E-state index contributed by atoms with van der Waals surface area (Å²) in [6.07, 6.45) is 5.09. The lowest BCUT2D eigenvalue weighted by molar-refractivity contribution is 0.0941. The molecular formula is C16H20FNO. The summed E-state index contributed by atoms with van der Waals surface area (Å²) in [6.45, 7) is 1.89. The van der Waals surface area contributed by atoms with Crippen LogP contribution in [-0.4, -0.2) is 17.9 Å². The number of hydrogen-bond donors (Lipinski definition) is 1. The topological polar surface area (TPSA) is 29.1 Å². The molecule has 102 valence electrons. The van der Waals surface area contributed by atoms with Gasteiger partial charge in [0.2, 0.25) is 0 Å². The van der Waals surface area contributed by atoms with Gasteiger partial charge in [0.05, 0.1) is 5.56 Å². The molecule has 2 aliphatic rings. The summed E-state index contributed by atoms with van der Waals surface area (Å²) in [7, 11) is 0. The van der Waals surface area contributed by atoms with Crippen LogP contribution in [0.5, 0.6) is 0 Å². The van der Waals surface area contributed by atoms with Gasteiger partial charge in [-0.2, -0.15) is 0 Å². The zero-order chi connectivity index (χ0) is 13.4. The summed E-state index contributed by atoms with van der Waals surface area (Å²) in [4.78, 5) is 12.3. The van der Waals surface area contributed by atoms with Gasteiger partial charge in [0.25, 0.3) is 0 Å². The SMILES string of the molecule is Cc1ccc(F)c(C(=O)CC2CC3CCC(C2)N3)c1. The maximum absolute atomic E-state index is 13.7. The van der Waals surface area contributed by atoms with E-state index in [0.717, 1.165) is 18.4 Å². The smallest absolute Gasteiger partial charge is 0.166 e. The number of aryl methyl sites for hydroxylation is 1. The number of piperidine rings is 1. The standard InChI is InChI=1S/C16H20FNO/c1-10-2-5-15(17)14(6-10)16(19)9-11-7-12-3-4-13(8-11)18-12/h2,5-6,11-13,18H,3-4,7-9H2,1H3. The van der Waals surface area contributed by atoms with E-state index in [1.54, 1.807) is 12.1 Å². The normalized spacial score (nSPS) is 29.5. The summed E-state index contributed by atoms with van der Waals surface area (Å²) in [5, 5.41) is 3.57. The lowest BCUT2D eigenvalue weighted by Gasteiger charge is -2.28. The molecule has 1 N–H and O–H groups in total. The Morgan fingerprint density at radius 2 is 2.00 bits per heavy atom. The minimum atomic E-state index is -0.382. The molecule has 0 aliphatic carbocycles. The molecule has 3 heteroatoms. The number of fused-ring (bicyclic) bond motifs is 2. The maximum atomic E-state index is 13.7. The summed E-state index contributed by atoms with van der Waals surface area (Å²) < 4.78 is 13.7. The first kappa shape index (κ1) is 12.8. The van der Waals surface area contributed by atoms with Gasteiger partial charge in [-0.25, -0.2) is 4.39 Å². The average Bonchev–Trinajstić information content (AvgIpc) is 2.71.